The number of benzene rings is 1. The highest BCUT2D eigenvalue weighted by atomic mass is 19.4. The van der Waals surface area contributed by atoms with Crippen molar-refractivity contribution in [2.75, 3.05) is 19.6 Å². The van der Waals surface area contributed by atoms with E-state index in [1.165, 1.54) is 0 Å². The molecule has 2 aliphatic heterocycles. The first-order chi connectivity index (χ1) is 18.8. The number of carbonyl (C=O) groups is 3. The molecule has 1 aromatic carbocycles. The third-order valence-electron chi connectivity index (χ3n) is 9.20. The molecule has 1 amide bonds. The van der Waals surface area contributed by atoms with Crippen molar-refractivity contribution in [1.82, 2.24) is 10.2 Å². The van der Waals surface area contributed by atoms with Gasteiger partial charge >= 0.3 is 6.18 Å². The molecule has 13 heteroatoms. The molecular formula is C27H28F3N3O7. The van der Waals surface area contributed by atoms with Gasteiger partial charge in [0.25, 0.3) is 5.91 Å². The molecule has 2 fully saturated rings. The number of Topliss-reactive ketones (excluding diaryl/α,β-unsaturated/α-hetero) is 2. The normalized spacial score (nSPS) is 32.5. The van der Waals surface area contributed by atoms with Gasteiger partial charge < -0.3 is 31.5 Å². The quantitative estimate of drug-likeness (QED) is 0.299. The number of fused-ring (bicyclic) bond motifs is 3. The first-order valence-electron chi connectivity index (χ1n) is 13.2. The summed E-state index contributed by atoms with van der Waals surface area (Å²) in [6.07, 6.45) is -3.78. The van der Waals surface area contributed by atoms with E-state index < -0.39 is 105 Å². The fourth-order valence-corrected chi connectivity index (χ4v) is 7.35. The minimum atomic E-state index is -4.87. The SMILES string of the molecule is NC(=O)C1=C(O)[C@@H](N2CCC2)[C@@H]2C[C@@H]3Cc4c(c(O)cc(C5CCCN5)c4C(F)(F)F)C(=O)C3=C(O)[C@]2(O)C1=O. The highest BCUT2D eigenvalue weighted by molar-refractivity contribution is 6.24. The van der Waals surface area contributed by atoms with Crippen LogP contribution in [0.2, 0.25) is 0 Å². The Morgan fingerprint density at radius 3 is 2.40 bits per heavy atom. The molecule has 10 nitrogen and oxygen atoms in total. The molecular weight excluding hydrogens is 535 g/mol. The van der Waals surface area contributed by atoms with Gasteiger partial charge in [-0.3, -0.25) is 19.3 Å². The molecule has 40 heavy (non-hydrogen) atoms. The van der Waals surface area contributed by atoms with Crippen molar-refractivity contribution in [3.63, 3.8) is 0 Å². The minimum Gasteiger partial charge on any atom is -0.510 e. The third kappa shape index (κ3) is 3.50. The molecule has 1 aromatic rings. The van der Waals surface area contributed by atoms with Crippen LogP contribution >= 0.6 is 0 Å². The lowest BCUT2D eigenvalue weighted by Crippen LogP contribution is -2.66. The second kappa shape index (κ2) is 8.79. The Labute approximate surface area is 225 Å². The average molecular weight is 564 g/mol. The molecule has 0 radical (unpaired) electrons. The molecule has 1 unspecified atom stereocenters. The van der Waals surface area contributed by atoms with E-state index >= 15 is 0 Å². The van der Waals surface area contributed by atoms with Crippen LogP contribution in [0.3, 0.4) is 0 Å². The summed E-state index contributed by atoms with van der Waals surface area (Å²) in [5, 5.41) is 47.8. The fraction of sp³-hybridized carbons (Fsp3) is 0.519. The molecule has 0 saturated carbocycles. The summed E-state index contributed by atoms with van der Waals surface area (Å²) in [5.74, 6) is -8.68. The highest BCUT2D eigenvalue weighted by Gasteiger charge is 2.64. The van der Waals surface area contributed by atoms with Gasteiger partial charge in [-0.1, -0.05) is 0 Å². The number of ketones is 2. The number of halogens is 3. The molecule has 7 N–H and O–H groups in total. The largest absolute Gasteiger partial charge is 0.510 e. The van der Waals surface area contributed by atoms with Crippen molar-refractivity contribution in [3.05, 3.63) is 51.0 Å². The fourth-order valence-electron chi connectivity index (χ4n) is 7.35. The maximum Gasteiger partial charge on any atom is 0.417 e. The number of allylic oxidation sites excluding steroid dienone is 1. The second-order valence-corrected chi connectivity index (χ2v) is 11.2. The van der Waals surface area contributed by atoms with Crippen molar-refractivity contribution in [2.45, 2.75) is 56.0 Å². The van der Waals surface area contributed by atoms with Gasteiger partial charge in [-0.05, 0) is 61.8 Å². The number of hydrogen-bond donors (Lipinski definition) is 6. The van der Waals surface area contributed by atoms with Gasteiger partial charge in [-0.25, -0.2) is 0 Å². The Balaban J connectivity index is 1.55. The van der Waals surface area contributed by atoms with Gasteiger partial charge in [0.05, 0.1) is 17.2 Å². The van der Waals surface area contributed by atoms with Crippen LogP contribution in [0, 0.1) is 11.8 Å². The number of aromatic hydroxyl groups is 1. The Bertz CT molecular complexity index is 1430. The van der Waals surface area contributed by atoms with Crippen LogP contribution in [0.15, 0.2) is 28.7 Å². The topological polar surface area (TPSA) is 173 Å². The Kier molecular flexibility index (Phi) is 5.88. The molecule has 0 spiro atoms. The molecule has 0 bridgehead atoms. The van der Waals surface area contributed by atoms with Crippen LogP contribution in [0.4, 0.5) is 13.2 Å². The Morgan fingerprint density at radius 1 is 1.15 bits per heavy atom. The van der Waals surface area contributed by atoms with Gasteiger partial charge in [0, 0.05) is 30.6 Å². The summed E-state index contributed by atoms with van der Waals surface area (Å²) in [4.78, 5) is 40.9. The standard InChI is InChI=1S/C27H28F3N3O7/c28-27(29,30)19-11(14-3-1-4-32-14)9-15(34)17-12(19)7-10-8-13-20(33-5-2-6-33)22(36)18(25(31)39)24(38)26(13,40)23(37)16(10)21(17)35/h9-10,13-14,20,32,34,36-37,40H,1-8H2,(H2,31,39)/t10-,13-,14?,20-,26-/m0/s1. The molecule has 5 atom stereocenters. The van der Waals surface area contributed by atoms with Crippen LogP contribution in [-0.4, -0.2) is 74.1 Å². The average Bonchev–Trinajstić information content (AvgIpc) is 3.36. The Morgan fingerprint density at radius 2 is 1.85 bits per heavy atom. The van der Waals surface area contributed by atoms with Gasteiger partial charge in [0.1, 0.15) is 22.8 Å². The van der Waals surface area contributed by atoms with E-state index in [-0.39, 0.29) is 12.0 Å². The van der Waals surface area contributed by atoms with Crippen LogP contribution in [0.1, 0.15) is 58.8 Å². The number of alkyl halides is 3. The van der Waals surface area contributed by atoms with E-state index in [9.17, 15) is 48.0 Å². The summed E-state index contributed by atoms with van der Waals surface area (Å²) in [7, 11) is 0. The maximum absolute atomic E-state index is 14.6. The molecule has 5 aliphatic rings. The number of likely N-dealkylation sites (tertiary alicyclic amines) is 1. The van der Waals surface area contributed by atoms with E-state index in [0.29, 0.717) is 38.9 Å². The van der Waals surface area contributed by atoms with Gasteiger partial charge in [-0.2, -0.15) is 13.2 Å². The first-order valence-corrected chi connectivity index (χ1v) is 13.2. The predicted octanol–water partition coefficient (Wildman–Crippen LogP) is 1.71. The summed E-state index contributed by atoms with van der Waals surface area (Å²) in [6.45, 7) is 1.35. The second-order valence-electron chi connectivity index (χ2n) is 11.2. The summed E-state index contributed by atoms with van der Waals surface area (Å²) in [5.41, 5.74) is -1.13. The van der Waals surface area contributed by atoms with E-state index in [1.54, 1.807) is 4.90 Å². The number of carbonyl (C=O) groups excluding carboxylic acids is 3. The van der Waals surface area contributed by atoms with Crippen LogP contribution in [0.25, 0.3) is 0 Å². The van der Waals surface area contributed by atoms with Crippen LogP contribution in [0.5, 0.6) is 5.75 Å². The number of amides is 1. The van der Waals surface area contributed by atoms with Crippen LogP contribution in [-0.2, 0) is 22.2 Å². The first kappa shape index (κ1) is 26.8. The number of primary amides is 1. The summed E-state index contributed by atoms with van der Waals surface area (Å²) >= 11 is 0. The number of phenols is 1. The van der Waals surface area contributed by atoms with Gasteiger partial charge in [0.15, 0.2) is 11.4 Å². The minimum absolute atomic E-state index is 0.170. The van der Waals surface area contributed by atoms with E-state index in [0.717, 1.165) is 6.07 Å². The molecule has 6 rings (SSSR count). The number of nitrogens with two attached hydrogens (primary N) is 1. The summed E-state index contributed by atoms with van der Waals surface area (Å²) in [6, 6.07) is -0.896. The molecule has 3 aliphatic carbocycles. The predicted molar refractivity (Wildman–Crippen MR) is 131 cm³/mol. The van der Waals surface area contributed by atoms with Gasteiger partial charge in [-0.15, -0.1) is 0 Å². The third-order valence-corrected chi connectivity index (χ3v) is 9.20. The van der Waals surface area contributed by atoms with Gasteiger partial charge in [0.2, 0.25) is 5.78 Å². The smallest absolute Gasteiger partial charge is 0.417 e. The maximum atomic E-state index is 14.6. The van der Waals surface area contributed by atoms with Crippen molar-refractivity contribution in [2.24, 2.45) is 17.6 Å². The zero-order chi connectivity index (χ0) is 28.9. The number of aliphatic hydroxyl groups is 3. The number of phenolic OH excluding ortho intramolecular Hbond substituents is 1. The Hall–Kier alpha value is -3.42. The number of nitrogens with zero attached hydrogens (tertiary/aromatic N) is 1. The van der Waals surface area contributed by atoms with Crippen molar-refractivity contribution >= 4 is 17.5 Å². The zero-order valence-electron chi connectivity index (χ0n) is 21.2. The lowest BCUT2D eigenvalue weighted by atomic mass is 9.58. The highest BCUT2D eigenvalue weighted by Crippen LogP contribution is 2.55. The molecule has 0 aromatic heterocycles. The zero-order valence-corrected chi connectivity index (χ0v) is 21.2. The number of rotatable bonds is 3. The van der Waals surface area contributed by atoms with E-state index in [1.807, 2.05) is 0 Å². The number of aliphatic hydroxyl groups excluding tert-OH is 2. The number of nitrogens with one attached hydrogen (secondary N) is 1. The van der Waals surface area contributed by atoms with Crippen molar-refractivity contribution in [3.8, 4) is 5.75 Å². The van der Waals surface area contributed by atoms with Crippen molar-refractivity contribution in [1.29, 1.82) is 0 Å². The van der Waals surface area contributed by atoms with E-state index in [2.05, 4.69) is 5.32 Å². The lowest BCUT2D eigenvalue weighted by Gasteiger charge is -2.53. The van der Waals surface area contributed by atoms with Crippen molar-refractivity contribution < 1.29 is 48.0 Å². The lowest BCUT2D eigenvalue weighted by molar-refractivity contribution is -0.151. The van der Waals surface area contributed by atoms with Crippen LogP contribution < -0.4 is 11.1 Å². The number of hydrogen-bond acceptors (Lipinski definition) is 9. The molecule has 2 heterocycles. The monoisotopic (exact) mass is 563 g/mol. The molecule has 214 valence electrons. The van der Waals surface area contributed by atoms with E-state index in [4.69, 9.17) is 5.73 Å². The molecule has 2 saturated heterocycles. The summed E-state index contributed by atoms with van der Waals surface area (Å²) < 4.78 is 43.7.